The Bertz CT molecular complexity index is 6640. The number of aromatic nitrogens is 4. The third kappa shape index (κ3) is 10.5. The minimum atomic E-state index is 1.16. The molecule has 0 bridgehead atoms. The molecule has 0 N–H and O–H groups in total. The lowest BCUT2D eigenvalue weighted by Gasteiger charge is -2.11. The fraction of sp³-hybridized carbons (Fsp3) is 0.0204. The fourth-order valence-corrected chi connectivity index (χ4v) is 15.9. The molecule has 4 nitrogen and oxygen atoms in total. The molecule has 0 aliphatic rings. The number of hydrogen-bond donors (Lipinski definition) is 0. The molecule has 0 amide bonds. The molecular formula is C98H68N4. The minimum absolute atomic E-state index is 1.16. The summed E-state index contributed by atoms with van der Waals surface area (Å²) >= 11 is 0. The Morgan fingerprint density at radius 2 is 0.363 bits per heavy atom. The predicted octanol–water partition coefficient (Wildman–Crippen LogP) is 26.4. The number of fused-ring (bicyclic) bond motifs is 12. The number of para-hydroxylation sites is 4. The van der Waals surface area contributed by atoms with E-state index in [4.69, 9.17) is 0 Å². The van der Waals surface area contributed by atoms with Gasteiger partial charge in [0.1, 0.15) is 0 Å². The number of hydrogen-bond acceptors (Lipinski definition) is 0. The first-order valence-electron chi connectivity index (χ1n) is 35.2. The zero-order valence-electron chi connectivity index (χ0n) is 56.6. The maximum atomic E-state index is 2.41. The van der Waals surface area contributed by atoms with Crippen LogP contribution in [0.2, 0.25) is 0 Å². The normalized spacial score (nSPS) is 11.6. The third-order valence-electron chi connectivity index (χ3n) is 20.7. The second kappa shape index (κ2) is 24.9. The Balaban J connectivity index is 0.000000141. The van der Waals surface area contributed by atoms with Crippen molar-refractivity contribution in [2.45, 2.75) is 13.8 Å². The van der Waals surface area contributed by atoms with Crippen molar-refractivity contribution in [3.63, 3.8) is 0 Å². The van der Waals surface area contributed by atoms with Crippen LogP contribution >= 0.6 is 0 Å². The smallest absolute Gasteiger partial charge is 0.0541 e. The quantitative estimate of drug-likeness (QED) is 0.130. The van der Waals surface area contributed by atoms with Gasteiger partial charge in [-0.1, -0.05) is 266 Å². The van der Waals surface area contributed by atoms with E-state index in [1.165, 1.54) is 171 Å². The standard InChI is InChI=1S/2C49H34N2/c1-33-12-9-15-35(28-33)37-17-11-19-41(30-37)51-47-23-8-6-21-43(47)45-32-39(25-27-49(45)51)38-24-26-48-44(31-38)42-20-5-7-22-46(42)50(48)40-18-10-16-36(29-40)34-13-3-2-4-14-34;1-33-21-23-35(24-22-33)37-14-10-16-41(30-37)51-47-20-8-6-18-43(47)45-32-39(26-28-49(45)51)38-25-27-48-44(31-38)42-17-5-7-19-46(42)50(48)40-15-9-13-36(29-40)34-11-3-2-4-12-34/h2*2-32H,1H3. The highest BCUT2D eigenvalue weighted by Gasteiger charge is 2.20. The zero-order valence-corrected chi connectivity index (χ0v) is 56.6. The summed E-state index contributed by atoms with van der Waals surface area (Å²) in [6, 6.07) is 137. The molecule has 0 fully saturated rings. The Morgan fingerprint density at radius 1 is 0.137 bits per heavy atom. The van der Waals surface area contributed by atoms with Crippen LogP contribution in [-0.2, 0) is 0 Å². The maximum Gasteiger partial charge on any atom is 0.0541 e. The second-order valence-electron chi connectivity index (χ2n) is 27.0. The molecule has 0 radical (unpaired) electrons. The van der Waals surface area contributed by atoms with Crippen molar-refractivity contribution in [2.75, 3.05) is 0 Å². The first kappa shape index (κ1) is 59.9. The van der Waals surface area contributed by atoms with Crippen LogP contribution in [0.1, 0.15) is 11.1 Å². The molecule has 4 heteroatoms. The van der Waals surface area contributed by atoms with Crippen molar-refractivity contribution in [1.82, 2.24) is 18.3 Å². The number of nitrogens with zero attached hydrogens (tertiary/aromatic N) is 4. The monoisotopic (exact) mass is 1300 g/mol. The highest BCUT2D eigenvalue weighted by Crippen LogP contribution is 2.43. The molecule has 0 unspecified atom stereocenters. The summed E-state index contributed by atoms with van der Waals surface area (Å²) < 4.78 is 9.63. The van der Waals surface area contributed by atoms with Gasteiger partial charge in [-0.25, -0.2) is 0 Å². The van der Waals surface area contributed by atoms with Gasteiger partial charge in [0.15, 0.2) is 0 Å². The van der Waals surface area contributed by atoms with Crippen molar-refractivity contribution in [2.24, 2.45) is 0 Å². The Hall–Kier alpha value is -13.3. The minimum Gasteiger partial charge on any atom is -0.309 e. The van der Waals surface area contributed by atoms with Crippen LogP contribution in [0.15, 0.2) is 376 Å². The van der Waals surface area contributed by atoms with E-state index in [1.54, 1.807) is 0 Å². The molecule has 0 aliphatic heterocycles. The molecule has 0 saturated heterocycles. The number of rotatable bonds is 10. The van der Waals surface area contributed by atoms with Gasteiger partial charge in [-0.2, -0.15) is 0 Å². The predicted molar refractivity (Wildman–Crippen MR) is 432 cm³/mol. The van der Waals surface area contributed by atoms with E-state index in [2.05, 4.69) is 408 Å². The van der Waals surface area contributed by atoms with Crippen molar-refractivity contribution >= 4 is 87.2 Å². The average molecular weight is 1300 g/mol. The molecular weight excluding hydrogens is 1230 g/mol. The maximum absolute atomic E-state index is 2.41. The molecule has 480 valence electrons. The third-order valence-corrected chi connectivity index (χ3v) is 20.7. The fourth-order valence-electron chi connectivity index (χ4n) is 15.9. The summed E-state index contributed by atoms with van der Waals surface area (Å²) in [6.45, 7) is 4.29. The molecule has 0 saturated carbocycles. The summed E-state index contributed by atoms with van der Waals surface area (Å²) in [5.41, 5.74) is 31.5. The first-order chi connectivity index (χ1) is 50.4. The van der Waals surface area contributed by atoms with Crippen molar-refractivity contribution in [3.05, 3.63) is 387 Å². The van der Waals surface area contributed by atoms with E-state index >= 15 is 0 Å². The van der Waals surface area contributed by atoms with Gasteiger partial charge in [0.25, 0.3) is 0 Å². The van der Waals surface area contributed by atoms with E-state index in [-0.39, 0.29) is 0 Å². The van der Waals surface area contributed by atoms with Gasteiger partial charge in [0, 0.05) is 65.8 Å². The lowest BCUT2D eigenvalue weighted by molar-refractivity contribution is 1.18. The van der Waals surface area contributed by atoms with Crippen LogP contribution in [-0.4, -0.2) is 18.3 Å². The molecule has 102 heavy (non-hydrogen) atoms. The van der Waals surface area contributed by atoms with Crippen molar-refractivity contribution in [3.8, 4) is 89.5 Å². The largest absolute Gasteiger partial charge is 0.309 e. The molecule has 4 heterocycles. The van der Waals surface area contributed by atoms with Crippen LogP contribution in [0.5, 0.6) is 0 Å². The van der Waals surface area contributed by atoms with Crippen LogP contribution in [0, 0.1) is 13.8 Å². The van der Waals surface area contributed by atoms with Gasteiger partial charge >= 0.3 is 0 Å². The number of aryl methyl sites for hydroxylation is 2. The average Bonchev–Trinajstić information content (AvgIpc) is 1.61. The van der Waals surface area contributed by atoms with Crippen LogP contribution in [0.3, 0.4) is 0 Å². The van der Waals surface area contributed by atoms with E-state index in [0.717, 1.165) is 17.1 Å². The van der Waals surface area contributed by atoms with Gasteiger partial charge in [0.2, 0.25) is 0 Å². The van der Waals surface area contributed by atoms with E-state index in [0.29, 0.717) is 0 Å². The lowest BCUT2D eigenvalue weighted by Crippen LogP contribution is -1.94. The molecule has 0 atom stereocenters. The Morgan fingerprint density at radius 3 is 0.676 bits per heavy atom. The molecule has 20 rings (SSSR count). The molecule has 20 aromatic rings. The Kier molecular flexibility index (Phi) is 14.6. The van der Waals surface area contributed by atoms with Crippen LogP contribution in [0.4, 0.5) is 0 Å². The van der Waals surface area contributed by atoms with Crippen molar-refractivity contribution < 1.29 is 0 Å². The Labute approximate surface area is 592 Å². The first-order valence-corrected chi connectivity index (χ1v) is 35.2. The lowest BCUT2D eigenvalue weighted by atomic mass is 10.0. The van der Waals surface area contributed by atoms with E-state index in [1.807, 2.05) is 0 Å². The SMILES string of the molecule is Cc1ccc(-c2cccc(-n3c4ccccc4c4cc(-c5ccc6c(c5)c5ccccc5n6-c5cccc(-c6ccccc6)c5)ccc43)c2)cc1.Cc1cccc(-c2cccc(-n3c4ccccc4c4cc(-c5ccc6c(c5)c5ccccc5n6-c5cccc(-c6ccccc6)c5)ccc43)c2)c1. The van der Waals surface area contributed by atoms with Crippen molar-refractivity contribution in [1.29, 1.82) is 0 Å². The van der Waals surface area contributed by atoms with Gasteiger partial charge < -0.3 is 18.3 Å². The van der Waals surface area contributed by atoms with Crippen LogP contribution < -0.4 is 0 Å². The summed E-state index contributed by atoms with van der Waals surface area (Å²) in [4.78, 5) is 0. The zero-order chi connectivity index (χ0) is 67.8. The molecule has 4 aromatic heterocycles. The molecule has 0 spiro atoms. The highest BCUT2D eigenvalue weighted by molar-refractivity contribution is 6.15. The molecule has 0 aliphatic carbocycles. The van der Waals surface area contributed by atoms with Gasteiger partial charge in [-0.3, -0.25) is 0 Å². The highest BCUT2D eigenvalue weighted by atomic mass is 15.0. The second-order valence-corrected chi connectivity index (χ2v) is 27.0. The van der Waals surface area contributed by atoms with E-state index in [9.17, 15) is 0 Å². The topological polar surface area (TPSA) is 19.7 Å². The van der Waals surface area contributed by atoms with Gasteiger partial charge in [0.05, 0.1) is 44.1 Å². The summed E-state index contributed by atoms with van der Waals surface area (Å²) in [5.74, 6) is 0. The summed E-state index contributed by atoms with van der Waals surface area (Å²) in [5, 5.41) is 10.0. The summed E-state index contributed by atoms with van der Waals surface area (Å²) in [6.07, 6.45) is 0. The molecule has 16 aromatic carbocycles. The summed E-state index contributed by atoms with van der Waals surface area (Å²) in [7, 11) is 0. The van der Waals surface area contributed by atoms with E-state index < -0.39 is 0 Å². The van der Waals surface area contributed by atoms with Gasteiger partial charge in [-0.05, 0) is 202 Å². The van der Waals surface area contributed by atoms with Gasteiger partial charge in [-0.15, -0.1) is 0 Å². The number of benzene rings is 16. The van der Waals surface area contributed by atoms with Crippen LogP contribution in [0.25, 0.3) is 177 Å².